The van der Waals surface area contributed by atoms with Gasteiger partial charge in [0.1, 0.15) is 5.82 Å². The Bertz CT molecular complexity index is 896. The number of carbonyl (C=O) groups is 3. The lowest BCUT2D eigenvalue weighted by atomic mass is 9.96. The third-order valence-corrected chi connectivity index (χ3v) is 5.67. The second kappa shape index (κ2) is 13.0. The van der Waals surface area contributed by atoms with Crippen LogP contribution in [0.2, 0.25) is 0 Å². The summed E-state index contributed by atoms with van der Waals surface area (Å²) >= 11 is 1.83. The standard InChI is InChI=1S/C15H24N4S.C6H8O7/c1-13-16-10-14(18(13)4)11-19(8-7-17(2)3)12-15-6-5-9-20-15;7-3(8)1-6(13,5(11)12)2-4(9)10/h5-6,9-10H,7-8,11-12H2,1-4H3;13H,1-2H2,(H,7,8)(H,9,10)(H,11,12). The maximum absolute atomic E-state index is 10.3. The molecule has 2 rings (SSSR count). The van der Waals surface area contributed by atoms with Crippen LogP contribution in [-0.2, 0) is 34.5 Å². The van der Waals surface area contributed by atoms with E-state index in [9.17, 15) is 14.4 Å². The quantitative estimate of drug-likeness (QED) is 0.344. The van der Waals surface area contributed by atoms with Gasteiger partial charge in [0.15, 0.2) is 5.60 Å². The average molecular weight is 485 g/mol. The van der Waals surface area contributed by atoms with Crippen LogP contribution in [0.1, 0.15) is 29.2 Å². The molecule has 0 spiro atoms. The van der Waals surface area contributed by atoms with Crippen LogP contribution in [0, 0.1) is 6.92 Å². The smallest absolute Gasteiger partial charge is 0.336 e. The summed E-state index contributed by atoms with van der Waals surface area (Å²) in [6.45, 7) is 6.14. The molecule has 0 saturated carbocycles. The molecule has 0 aliphatic rings. The summed E-state index contributed by atoms with van der Waals surface area (Å²) in [6.07, 6.45) is -0.296. The van der Waals surface area contributed by atoms with E-state index in [0.717, 1.165) is 32.0 Å². The maximum Gasteiger partial charge on any atom is 0.336 e. The number of aromatic nitrogens is 2. The SMILES string of the molecule is Cc1ncc(CN(CCN(C)C)Cc2cccs2)n1C.O=C(O)CC(O)(CC(=O)O)C(=O)O. The molecular formula is C21H32N4O7S. The Morgan fingerprint density at radius 2 is 1.70 bits per heavy atom. The van der Waals surface area contributed by atoms with Gasteiger partial charge in [-0.2, -0.15) is 0 Å². The number of thiophene rings is 1. The maximum atomic E-state index is 10.3. The number of rotatable bonds is 12. The van der Waals surface area contributed by atoms with Crippen molar-refractivity contribution in [3.63, 3.8) is 0 Å². The predicted octanol–water partition coefficient (Wildman–Crippen LogP) is 1.11. The molecule has 0 fully saturated rings. The molecule has 2 aromatic heterocycles. The fourth-order valence-electron chi connectivity index (χ4n) is 2.82. The van der Waals surface area contributed by atoms with Crippen molar-refractivity contribution in [2.45, 2.75) is 38.5 Å². The van der Waals surface area contributed by atoms with E-state index in [1.165, 1.54) is 10.6 Å². The summed E-state index contributed by atoms with van der Waals surface area (Å²) < 4.78 is 2.18. The summed E-state index contributed by atoms with van der Waals surface area (Å²) in [5, 5.41) is 36.0. The number of aliphatic hydroxyl groups is 1. The first-order valence-electron chi connectivity index (χ1n) is 10.1. The van der Waals surface area contributed by atoms with Crippen molar-refractivity contribution in [1.82, 2.24) is 19.4 Å². The Hall–Kier alpha value is -2.80. The minimum atomic E-state index is -2.74. The summed E-state index contributed by atoms with van der Waals surface area (Å²) in [7, 11) is 6.34. The van der Waals surface area contributed by atoms with Crippen LogP contribution in [0.25, 0.3) is 0 Å². The van der Waals surface area contributed by atoms with Crippen molar-refractivity contribution in [1.29, 1.82) is 0 Å². The van der Waals surface area contributed by atoms with Crippen molar-refractivity contribution in [3.05, 3.63) is 40.1 Å². The lowest BCUT2D eigenvalue weighted by molar-refractivity contribution is -0.170. The first-order valence-corrected chi connectivity index (χ1v) is 11.0. The van der Waals surface area contributed by atoms with Gasteiger partial charge in [0.25, 0.3) is 0 Å². The Labute approximate surface area is 196 Å². The van der Waals surface area contributed by atoms with Gasteiger partial charge in [-0.05, 0) is 32.5 Å². The number of aliphatic carboxylic acids is 3. The number of carboxylic acids is 3. The first kappa shape index (κ1) is 28.2. The van der Waals surface area contributed by atoms with Crippen LogP contribution in [0.3, 0.4) is 0 Å². The fraction of sp³-hybridized carbons (Fsp3) is 0.524. The number of carboxylic acid groups (broad SMARTS) is 3. The van der Waals surface area contributed by atoms with Crippen molar-refractivity contribution in [3.8, 4) is 0 Å². The molecule has 0 bridgehead atoms. The molecule has 184 valence electrons. The largest absolute Gasteiger partial charge is 0.481 e. The zero-order chi connectivity index (χ0) is 25.2. The van der Waals surface area contributed by atoms with Gasteiger partial charge < -0.3 is 29.9 Å². The minimum absolute atomic E-state index is 0.947. The molecule has 11 nitrogen and oxygen atoms in total. The molecule has 2 aromatic rings. The molecular weight excluding hydrogens is 452 g/mol. The van der Waals surface area contributed by atoms with Gasteiger partial charge in [0.05, 0.1) is 18.5 Å². The van der Waals surface area contributed by atoms with Crippen molar-refractivity contribution < 1.29 is 34.8 Å². The lowest BCUT2D eigenvalue weighted by Crippen LogP contribution is -2.42. The molecule has 33 heavy (non-hydrogen) atoms. The highest BCUT2D eigenvalue weighted by Gasteiger charge is 2.40. The average Bonchev–Trinajstić information content (AvgIpc) is 3.30. The Morgan fingerprint density at radius 3 is 2.09 bits per heavy atom. The molecule has 2 heterocycles. The highest BCUT2D eigenvalue weighted by molar-refractivity contribution is 7.09. The summed E-state index contributed by atoms with van der Waals surface area (Å²) in [6, 6.07) is 4.33. The third kappa shape index (κ3) is 10.1. The molecule has 0 aliphatic heterocycles. The number of nitrogens with zero attached hydrogens (tertiary/aromatic N) is 4. The molecule has 0 aromatic carbocycles. The van der Waals surface area contributed by atoms with Crippen molar-refractivity contribution in [2.75, 3.05) is 27.2 Å². The second-order valence-electron chi connectivity index (χ2n) is 7.93. The van der Waals surface area contributed by atoms with Gasteiger partial charge in [-0.15, -0.1) is 11.3 Å². The van der Waals surface area contributed by atoms with Gasteiger partial charge in [0, 0.05) is 44.3 Å². The van der Waals surface area contributed by atoms with Crippen LogP contribution >= 0.6 is 11.3 Å². The Kier molecular flexibility index (Phi) is 11.2. The van der Waals surface area contributed by atoms with Crippen LogP contribution in [0.4, 0.5) is 0 Å². The van der Waals surface area contributed by atoms with E-state index >= 15 is 0 Å². The van der Waals surface area contributed by atoms with Crippen LogP contribution in [-0.4, -0.2) is 90.5 Å². The monoisotopic (exact) mass is 484 g/mol. The normalized spacial score (nSPS) is 11.4. The van der Waals surface area contributed by atoms with E-state index in [1.807, 2.05) is 24.5 Å². The third-order valence-electron chi connectivity index (χ3n) is 4.81. The van der Waals surface area contributed by atoms with E-state index in [-0.39, 0.29) is 0 Å². The van der Waals surface area contributed by atoms with Gasteiger partial charge in [0.2, 0.25) is 0 Å². The first-order chi connectivity index (χ1) is 15.3. The zero-order valence-electron chi connectivity index (χ0n) is 19.3. The van der Waals surface area contributed by atoms with E-state index in [0.29, 0.717) is 0 Å². The van der Waals surface area contributed by atoms with Gasteiger partial charge in [-0.3, -0.25) is 14.5 Å². The van der Waals surface area contributed by atoms with Crippen LogP contribution < -0.4 is 0 Å². The molecule has 0 atom stereocenters. The topological polar surface area (TPSA) is 156 Å². The minimum Gasteiger partial charge on any atom is -0.481 e. The molecule has 0 amide bonds. The van der Waals surface area contributed by atoms with Gasteiger partial charge in [-0.25, -0.2) is 9.78 Å². The highest BCUT2D eigenvalue weighted by Crippen LogP contribution is 2.16. The number of imidazole rings is 1. The number of aryl methyl sites for hydroxylation is 1. The summed E-state index contributed by atoms with van der Waals surface area (Å²) in [5.41, 5.74) is -1.46. The van der Waals surface area contributed by atoms with Crippen molar-refractivity contribution in [2.24, 2.45) is 7.05 Å². The predicted molar refractivity (Wildman–Crippen MR) is 122 cm³/mol. The van der Waals surface area contributed by atoms with E-state index in [4.69, 9.17) is 20.4 Å². The van der Waals surface area contributed by atoms with Gasteiger partial charge >= 0.3 is 17.9 Å². The highest BCUT2D eigenvalue weighted by atomic mass is 32.1. The molecule has 0 radical (unpaired) electrons. The van der Waals surface area contributed by atoms with E-state index in [2.05, 4.69) is 58.0 Å². The molecule has 0 saturated heterocycles. The van der Waals surface area contributed by atoms with Crippen molar-refractivity contribution >= 4 is 29.2 Å². The summed E-state index contributed by atoms with van der Waals surface area (Å²) in [5.74, 6) is -3.95. The Morgan fingerprint density at radius 1 is 1.09 bits per heavy atom. The zero-order valence-corrected chi connectivity index (χ0v) is 20.1. The molecule has 12 heteroatoms. The second-order valence-corrected chi connectivity index (χ2v) is 8.96. The lowest BCUT2D eigenvalue weighted by Gasteiger charge is -2.23. The summed E-state index contributed by atoms with van der Waals surface area (Å²) in [4.78, 5) is 41.0. The van der Waals surface area contributed by atoms with Crippen LogP contribution in [0.15, 0.2) is 23.7 Å². The molecule has 0 aliphatic carbocycles. The molecule has 4 N–H and O–H groups in total. The van der Waals surface area contributed by atoms with E-state index < -0.39 is 36.4 Å². The molecule has 0 unspecified atom stereocenters. The number of hydrogen-bond acceptors (Lipinski definition) is 8. The van der Waals surface area contributed by atoms with Crippen LogP contribution in [0.5, 0.6) is 0 Å². The van der Waals surface area contributed by atoms with E-state index in [1.54, 1.807) is 0 Å². The van der Waals surface area contributed by atoms with Gasteiger partial charge in [-0.1, -0.05) is 6.07 Å². The fourth-order valence-corrected chi connectivity index (χ4v) is 3.56. The Balaban J connectivity index is 0.000000366. The number of hydrogen-bond donors (Lipinski definition) is 4. The number of likely N-dealkylation sites (N-methyl/N-ethyl adjacent to an activating group) is 1.